The molecule has 27 heavy (non-hydrogen) atoms. The van der Waals surface area contributed by atoms with Gasteiger partial charge >= 0.3 is 0 Å². The fraction of sp³-hybridized carbons (Fsp3) is 0.400. The average molecular weight is 371 g/mol. The van der Waals surface area contributed by atoms with E-state index in [0.29, 0.717) is 23.2 Å². The highest BCUT2D eigenvalue weighted by Crippen LogP contribution is 2.38. The van der Waals surface area contributed by atoms with Crippen LogP contribution in [-0.4, -0.2) is 37.0 Å². The summed E-state index contributed by atoms with van der Waals surface area (Å²) < 4.78 is 17.9. The van der Waals surface area contributed by atoms with Crippen molar-refractivity contribution < 1.29 is 19.0 Å². The number of aromatic nitrogens is 2. The van der Waals surface area contributed by atoms with Gasteiger partial charge in [0, 0.05) is 18.2 Å². The number of carbonyl (C=O) groups is 1. The Morgan fingerprint density at radius 3 is 2.44 bits per heavy atom. The Labute approximate surface area is 158 Å². The first kappa shape index (κ1) is 18.8. The summed E-state index contributed by atoms with van der Waals surface area (Å²) >= 11 is 0. The van der Waals surface area contributed by atoms with Crippen molar-refractivity contribution >= 4 is 17.8 Å². The van der Waals surface area contributed by atoms with E-state index in [1.807, 2.05) is 11.6 Å². The van der Waals surface area contributed by atoms with E-state index in [4.69, 9.17) is 14.2 Å². The molecule has 1 heterocycles. The summed E-state index contributed by atoms with van der Waals surface area (Å²) in [6.07, 6.45) is 7.42. The Balaban J connectivity index is 1.74. The van der Waals surface area contributed by atoms with Gasteiger partial charge in [-0.15, -0.1) is 0 Å². The van der Waals surface area contributed by atoms with E-state index >= 15 is 0 Å². The molecule has 0 spiro atoms. The van der Waals surface area contributed by atoms with Crippen molar-refractivity contribution in [2.75, 3.05) is 26.6 Å². The van der Waals surface area contributed by atoms with Crippen LogP contribution in [0.3, 0.4) is 0 Å². The molecule has 3 rings (SSSR count). The maximum atomic E-state index is 12.4. The lowest BCUT2D eigenvalue weighted by atomic mass is 10.1. The second-order valence-corrected chi connectivity index (χ2v) is 6.58. The van der Waals surface area contributed by atoms with Crippen molar-refractivity contribution in [3.63, 3.8) is 0 Å². The van der Waals surface area contributed by atoms with Gasteiger partial charge in [0.15, 0.2) is 11.5 Å². The number of nitrogens with zero attached hydrogens (tertiary/aromatic N) is 2. The Kier molecular flexibility index (Phi) is 5.69. The van der Waals surface area contributed by atoms with E-state index in [1.54, 1.807) is 45.7 Å². The van der Waals surface area contributed by atoms with E-state index in [-0.39, 0.29) is 5.91 Å². The molecule has 1 N–H and O–H groups in total. The minimum atomic E-state index is -0.218. The molecule has 2 aromatic rings. The Hall–Kier alpha value is -2.96. The van der Waals surface area contributed by atoms with Crippen LogP contribution in [0, 0.1) is 12.8 Å². The Morgan fingerprint density at radius 2 is 1.89 bits per heavy atom. The predicted octanol–water partition coefficient (Wildman–Crippen LogP) is 3.28. The number of benzene rings is 1. The topological polar surface area (TPSA) is 74.6 Å². The summed E-state index contributed by atoms with van der Waals surface area (Å²) in [5.74, 6) is 2.80. The molecule has 1 saturated carbocycles. The first-order chi connectivity index (χ1) is 13.0. The van der Waals surface area contributed by atoms with Gasteiger partial charge in [-0.05, 0) is 49.5 Å². The number of amides is 1. The first-order valence-corrected chi connectivity index (χ1v) is 8.87. The zero-order valence-electron chi connectivity index (χ0n) is 16.1. The van der Waals surface area contributed by atoms with Gasteiger partial charge in [0.2, 0.25) is 11.7 Å². The number of methoxy groups -OCH3 is 3. The molecule has 0 aliphatic heterocycles. The second-order valence-electron chi connectivity index (χ2n) is 6.58. The van der Waals surface area contributed by atoms with Gasteiger partial charge < -0.3 is 19.5 Å². The number of aryl methyl sites for hydroxylation is 1. The van der Waals surface area contributed by atoms with Crippen molar-refractivity contribution in [1.82, 2.24) is 9.78 Å². The normalized spacial score (nSPS) is 13.6. The van der Waals surface area contributed by atoms with Gasteiger partial charge in [-0.25, -0.2) is 4.68 Å². The van der Waals surface area contributed by atoms with E-state index in [2.05, 4.69) is 10.4 Å². The maximum Gasteiger partial charge on any atom is 0.249 e. The van der Waals surface area contributed by atoms with Gasteiger partial charge in [0.25, 0.3) is 0 Å². The van der Waals surface area contributed by atoms with E-state index in [1.165, 1.54) is 18.9 Å². The molecule has 1 aromatic carbocycles. The Bertz CT molecular complexity index is 828. The SMILES string of the molecule is COc1cc(/C=C/C(=O)Nc2c(C)cnn2CC2CC2)cc(OC)c1OC. The average Bonchev–Trinajstić information content (AvgIpc) is 3.44. The molecule has 0 radical (unpaired) electrons. The first-order valence-electron chi connectivity index (χ1n) is 8.87. The summed E-state index contributed by atoms with van der Waals surface area (Å²) in [5, 5.41) is 7.29. The number of nitrogens with one attached hydrogen (secondary N) is 1. The zero-order valence-corrected chi connectivity index (χ0v) is 16.1. The van der Waals surface area contributed by atoms with E-state index in [0.717, 1.165) is 23.5 Å². The number of hydrogen-bond acceptors (Lipinski definition) is 5. The smallest absolute Gasteiger partial charge is 0.249 e. The highest BCUT2D eigenvalue weighted by molar-refractivity contribution is 6.01. The molecule has 7 nitrogen and oxygen atoms in total. The summed E-state index contributed by atoms with van der Waals surface area (Å²) in [5.41, 5.74) is 1.72. The van der Waals surface area contributed by atoms with Crippen LogP contribution in [0.2, 0.25) is 0 Å². The molecule has 1 aromatic heterocycles. The third-order valence-electron chi connectivity index (χ3n) is 4.51. The van der Waals surface area contributed by atoms with Crippen LogP contribution in [0.1, 0.15) is 24.0 Å². The molecule has 1 fully saturated rings. The molecule has 1 aliphatic rings. The quantitative estimate of drug-likeness (QED) is 0.721. The second kappa shape index (κ2) is 8.16. The van der Waals surface area contributed by atoms with Gasteiger partial charge in [-0.1, -0.05) is 0 Å². The largest absolute Gasteiger partial charge is 0.493 e. The molecule has 7 heteroatoms. The summed E-state index contributed by atoms with van der Waals surface area (Å²) in [7, 11) is 4.67. The third kappa shape index (κ3) is 4.42. The lowest BCUT2D eigenvalue weighted by Crippen LogP contribution is -2.14. The monoisotopic (exact) mass is 371 g/mol. The van der Waals surface area contributed by atoms with Crippen LogP contribution in [-0.2, 0) is 11.3 Å². The van der Waals surface area contributed by atoms with Crippen LogP contribution in [0.15, 0.2) is 24.4 Å². The highest BCUT2D eigenvalue weighted by atomic mass is 16.5. The van der Waals surface area contributed by atoms with Crippen molar-refractivity contribution in [2.24, 2.45) is 5.92 Å². The molecule has 0 atom stereocenters. The van der Waals surface area contributed by atoms with Crippen molar-refractivity contribution in [1.29, 1.82) is 0 Å². The maximum absolute atomic E-state index is 12.4. The molecule has 1 aliphatic carbocycles. The van der Waals surface area contributed by atoms with Gasteiger partial charge in [-0.2, -0.15) is 5.10 Å². The minimum absolute atomic E-state index is 0.218. The molecule has 0 unspecified atom stereocenters. The number of hydrogen-bond donors (Lipinski definition) is 1. The minimum Gasteiger partial charge on any atom is -0.493 e. The van der Waals surface area contributed by atoms with Gasteiger partial charge in [-0.3, -0.25) is 4.79 Å². The van der Waals surface area contributed by atoms with Gasteiger partial charge in [0.05, 0.1) is 27.5 Å². The lowest BCUT2D eigenvalue weighted by molar-refractivity contribution is -0.111. The number of anilines is 1. The standard InChI is InChI=1S/C20H25N3O4/c1-13-11-21-23(12-14-5-6-14)20(13)22-18(24)8-7-15-9-16(25-2)19(27-4)17(10-15)26-3/h7-11,14H,5-6,12H2,1-4H3,(H,22,24)/b8-7+. The van der Waals surface area contributed by atoms with Crippen LogP contribution < -0.4 is 19.5 Å². The highest BCUT2D eigenvalue weighted by Gasteiger charge is 2.24. The summed E-state index contributed by atoms with van der Waals surface area (Å²) in [4.78, 5) is 12.4. The van der Waals surface area contributed by atoms with Crippen molar-refractivity contribution in [2.45, 2.75) is 26.3 Å². The number of carbonyl (C=O) groups excluding carboxylic acids is 1. The molecular weight excluding hydrogens is 346 g/mol. The number of ether oxygens (including phenoxy) is 3. The molecule has 0 saturated heterocycles. The van der Waals surface area contributed by atoms with Crippen LogP contribution in [0.25, 0.3) is 6.08 Å². The molecular formula is C20H25N3O4. The van der Waals surface area contributed by atoms with Crippen LogP contribution >= 0.6 is 0 Å². The van der Waals surface area contributed by atoms with Crippen LogP contribution in [0.5, 0.6) is 17.2 Å². The molecule has 1 amide bonds. The lowest BCUT2D eigenvalue weighted by Gasteiger charge is -2.12. The zero-order chi connectivity index (χ0) is 19.4. The fourth-order valence-electron chi connectivity index (χ4n) is 2.85. The molecule has 0 bridgehead atoms. The van der Waals surface area contributed by atoms with Gasteiger partial charge in [0.1, 0.15) is 5.82 Å². The van der Waals surface area contributed by atoms with E-state index in [9.17, 15) is 4.79 Å². The van der Waals surface area contributed by atoms with Crippen molar-refractivity contribution in [3.05, 3.63) is 35.5 Å². The number of rotatable bonds is 8. The fourth-order valence-corrected chi connectivity index (χ4v) is 2.85. The Morgan fingerprint density at radius 1 is 1.22 bits per heavy atom. The van der Waals surface area contributed by atoms with Crippen molar-refractivity contribution in [3.8, 4) is 17.2 Å². The van der Waals surface area contributed by atoms with E-state index < -0.39 is 0 Å². The summed E-state index contributed by atoms with van der Waals surface area (Å²) in [6, 6.07) is 3.57. The third-order valence-corrected chi connectivity index (χ3v) is 4.51. The predicted molar refractivity (Wildman–Crippen MR) is 103 cm³/mol. The summed E-state index contributed by atoms with van der Waals surface area (Å²) in [6.45, 7) is 2.79. The van der Waals surface area contributed by atoms with Crippen LogP contribution in [0.4, 0.5) is 5.82 Å². The molecule has 144 valence electrons.